The van der Waals surface area contributed by atoms with Crippen molar-refractivity contribution in [1.82, 2.24) is 15.5 Å². The second-order valence-electron chi connectivity index (χ2n) is 6.53. The van der Waals surface area contributed by atoms with E-state index >= 15 is 0 Å². The molecule has 0 fully saturated rings. The molecule has 0 spiro atoms. The molecule has 0 atom stereocenters. The van der Waals surface area contributed by atoms with Gasteiger partial charge in [0.1, 0.15) is 0 Å². The van der Waals surface area contributed by atoms with E-state index in [0.717, 1.165) is 16.8 Å². The lowest BCUT2D eigenvalue weighted by Gasteiger charge is -2.20. The van der Waals surface area contributed by atoms with E-state index in [-0.39, 0.29) is 17.6 Å². The number of nitrogens with zero attached hydrogens (tertiary/aromatic N) is 1. The van der Waals surface area contributed by atoms with Crippen LogP contribution in [-0.2, 0) is 11.3 Å². The van der Waals surface area contributed by atoms with Gasteiger partial charge in [-0.25, -0.2) is 0 Å². The highest BCUT2D eigenvalue weighted by atomic mass is 35.5. The number of ether oxygens (including phenoxy) is 1. The molecule has 1 aliphatic rings. The van der Waals surface area contributed by atoms with Crippen molar-refractivity contribution in [3.05, 3.63) is 81.8 Å². The first-order valence-corrected chi connectivity index (χ1v) is 9.25. The molecular formula is C21H17ClN4O3. The van der Waals surface area contributed by atoms with Crippen LogP contribution in [-0.4, -0.2) is 22.0 Å². The van der Waals surface area contributed by atoms with Gasteiger partial charge >= 0.3 is 0 Å². The van der Waals surface area contributed by atoms with Crippen molar-refractivity contribution in [2.24, 2.45) is 0 Å². The van der Waals surface area contributed by atoms with Crippen LogP contribution in [0, 0.1) is 6.92 Å². The molecule has 0 saturated carbocycles. The molecule has 2 amide bonds. The molecule has 3 N–H and O–H groups in total. The Morgan fingerprint density at radius 1 is 1.24 bits per heavy atom. The zero-order valence-electron chi connectivity index (χ0n) is 15.5. The summed E-state index contributed by atoms with van der Waals surface area (Å²) in [5, 5.41) is 13.0. The largest absolute Gasteiger partial charge is 0.449 e. The number of benzene rings is 2. The van der Waals surface area contributed by atoms with E-state index in [1.165, 1.54) is 0 Å². The van der Waals surface area contributed by atoms with Crippen LogP contribution in [0.5, 0.6) is 5.75 Å². The van der Waals surface area contributed by atoms with Crippen LogP contribution in [0.25, 0.3) is 6.08 Å². The van der Waals surface area contributed by atoms with E-state index in [1.807, 2.05) is 6.92 Å². The van der Waals surface area contributed by atoms with Crippen molar-refractivity contribution < 1.29 is 14.3 Å². The molecule has 0 unspecified atom stereocenters. The average Bonchev–Trinajstić information content (AvgIpc) is 3.13. The van der Waals surface area contributed by atoms with Crippen molar-refractivity contribution in [1.29, 1.82) is 0 Å². The van der Waals surface area contributed by atoms with Crippen LogP contribution in [0.15, 0.2) is 54.4 Å². The smallest absolute Gasteiger partial charge is 0.291 e. The topological polar surface area (TPSA) is 96.1 Å². The Hall–Kier alpha value is -3.58. The molecule has 2 aromatic carbocycles. The van der Waals surface area contributed by atoms with Crippen LogP contribution < -0.4 is 15.4 Å². The van der Waals surface area contributed by atoms with Crippen LogP contribution in [0.2, 0.25) is 5.02 Å². The molecule has 8 heteroatoms. The number of amides is 2. The predicted molar refractivity (Wildman–Crippen MR) is 110 cm³/mol. The summed E-state index contributed by atoms with van der Waals surface area (Å²) in [6, 6.07) is 11.9. The molecular weight excluding hydrogens is 392 g/mol. The van der Waals surface area contributed by atoms with E-state index in [4.69, 9.17) is 16.3 Å². The number of halogens is 1. The number of anilines is 1. The van der Waals surface area contributed by atoms with Crippen molar-refractivity contribution in [2.45, 2.75) is 13.5 Å². The maximum atomic E-state index is 12.4. The van der Waals surface area contributed by atoms with Gasteiger partial charge in [-0.2, -0.15) is 5.10 Å². The van der Waals surface area contributed by atoms with Crippen molar-refractivity contribution in [3.63, 3.8) is 0 Å². The summed E-state index contributed by atoms with van der Waals surface area (Å²) < 4.78 is 5.72. The third kappa shape index (κ3) is 4.14. The number of H-pyrrole nitrogens is 1. The molecule has 1 aromatic heterocycles. The highest BCUT2D eigenvalue weighted by molar-refractivity contribution is 6.30. The first-order chi connectivity index (χ1) is 14.0. The molecule has 7 nitrogen and oxygen atoms in total. The minimum Gasteiger partial charge on any atom is -0.449 e. The molecule has 2 heterocycles. The van der Waals surface area contributed by atoms with Gasteiger partial charge < -0.3 is 15.4 Å². The molecule has 0 saturated heterocycles. The average molecular weight is 409 g/mol. The van der Waals surface area contributed by atoms with E-state index in [2.05, 4.69) is 20.8 Å². The number of hydrogen-bond donors (Lipinski definition) is 3. The van der Waals surface area contributed by atoms with Gasteiger partial charge in [0.25, 0.3) is 11.8 Å². The number of aromatic nitrogens is 2. The summed E-state index contributed by atoms with van der Waals surface area (Å²) in [5.41, 5.74) is 3.45. The van der Waals surface area contributed by atoms with Gasteiger partial charge in [0.2, 0.25) is 0 Å². The number of aryl methyl sites for hydroxylation is 1. The van der Waals surface area contributed by atoms with Crippen molar-refractivity contribution >= 4 is 35.2 Å². The molecule has 0 bridgehead atoms. The van der Waals surface area contributed by atoms with Crippen LogP contribution in [0.3, 0.4) is 0 Å². The van der Waals surface area contributed by atoms with Gasteiger partial charge in [0.05, 0.1) is 11.9 Å². The Labute approximate surface area is 171 Å². The predicted octanol–water partition coefficient (Wildman–Crippen LogP) is 3.67. The third-order valence-electron chi connectivity index (χ3n) is 4.48. The Morgan fingerprint density at radius 3 is 2.76 bits per heavy atom. The van der Waals surface area contributed by atoms with Gasteiger partial charge in [-0.15, -0.1) is 0 Å². The summed E-state index contributed by atoms with van der Waals surface area (Å²) in [7, 11) is 0. The summed E-state index contributed by atoms with van der Waals surface area (Å²) in [5.74, 6) is -0.0244. The minimum absolute atomic E-state index is 0.160. The van der Waals surface area contributed by atoms with Crippen LogP contribution >= 0.6 is 11.6 Å². The molecule has 4 rings (SSSR count). The number of carbonyl (C=O) groups is 2. The SMILES string of the molecule is Cc1[nH]ncc1CNC(=O)c1ccc2c(c1)NC(=O)/C(=C/c1ccc(Cl)cc1)O2. The number of aromatic amines is 1. The molecule has 0 aliphatic carbocycles. The maximum Gasteiger partial charge on any atom is 0.291 e. The van der Waals surface area contributed by atoms with Gasteiger partial charge in [-0.3, -0.25) is 14.7 Å². The van der Waals surface area contributed by atoms with Crippen molar-refractivity contribution in [3.8, 4) is 5.75 Å². The fourth-order valence-electron chi connectivity index (χ4n) is 2.84. The Morgan fingerprint density at radius 2 is 2.03 bits per heavy atom. The Balaban J connectivity index is 1.49. The monoisotopic (exact) mass is 408 g/mol. The Bertz CT molecular complexity index is 1120. The lowest BCUT2D eigenvalue weighted by Crippen LogP contribution is -2.26. The summed E-state index contributed by atoms with van der Waals surface area (Å²) in [6.07, 6.45) is 3.30. The van der Waals surface area contributed by atoms with Crippen LogP contribution in [0.1, 0.15) is 27.2 Å². The number of rotatable bonds is 4. The fraction of sp³-hybridized carbons (Fsp3) is 0.0952. The van der Waals surface area contributed by atoms with E-state index in [0.29, 0.717) is 28.6 Å². The van der Waals surface area contributed by atoms with Gasteiger partial charge in [-0.05, 0) is 48.9 Å². The molecule has 3 aromatic rings. The summed E-state index contributed by atoms with van der Waals surface area (Å²) >= 11 is 5.88. The highest BCUT2D eigenvalue weighted by Gasteiger charge is 2.23. The number of fused-ring (bicyclic) bond motifs is 1. The number of hydrogen-bond acceptors (Lipinski definition) is 4. The summed E-state index contributed by atoms with van der Waals surface area (Å²) in [4.78, 5) is 24.8. The Kier molecular flexibility index (Phi) is 5.05. The second kappa shape index (κ2) is 7.81. The van der Waals surface area contributed by atoms with E-state index < -0.39 is 0 Å². The fourth-order valence-corrected chi connectivity index (χ4v) is 2.97. The second-order valence-corrected chi connectivity index (χ2v) is 6.97. The number of carbonyl (C=O) groups excluding carboxylic acids is 2. The highest BCUT2D eigenvalue weighted by Crippen LogP contribution is 2.32. The normalized spacial score (nSPS) is 14.1. The van der Waals surface area contributed by atoms with Crippen LogP contribution in [0.4, 0.5) is 5.69 Å². The standard InChI is InChI=1S/C21H17ClN4O3/c1-12-15(11-24-26-12)10-23-20(27)14-4-7-18-17(9-14)25-21(28)19(29-18)8-13-2-5-16(22)6-3-13/h2-9,11H,10H2,1H3,(H,23,27)(H,24,26)(H,25,28)/b19-8-. The zero-order chi connectivity index (χ0) is 20.4. The molecule has 0 radical (unpaired) electrons. The molecule has 1 aliphatic heterocycles. The minimum atomic E-state index is -0.390. The van der Waals surface area contributed by atoms with Crippen molar-refractivity contribution in [2.75, 3.05) is 5.32 Å². The first kappa shape index (κ1) is 18.8. The summed E-state index contributed by atoms with van der Waals surface area (Å²) in [6.45, 7) is 2.24. The van der Waals surface area contributed by atoms with Gasteiger partial charge in [0.15, 0.2) is 11.5 Å². The maximum absolute atomic E-state index is 12.4. The van der Waals surface area contributed by atoms with Gasteiger partial charge in [0, 0.05) is 28.4 Å². The molecule has 146 valence electrons. The first-order valence-electron chi connectivity index (χ1n) is 8.87. The van der Waals surface area contributed by atoms with E-state index in [1.54, 1.807) is 54.7 Å². The number of nitrogens with one attached hydrogen (secondary N) is 3. The lowest BCUT2D eigenvalue weighted by atomic mass is 10.1. The molecule has 29 heavy (non-hydrogen) atoms. The quantitative estimate of drug-likeness (QED) is 0.574. The van der Waals surface area contributed by atoms with Gasteiger partial charge in [-0.1, -0.05) is 23.7 Å². The van der Waals surface area contributed by atoms with E-state index in [9.17, 15) is 9.59 Å². The third-order valence-corrected chi connectivity index (χ3v) is 4.73. The lowest BCUT2D eigenvalue weighted by molar-refractivity contribution is -0.115. The zero-order valence-corrected chi connectivity index (χ0v) is 16.2.